The van der Waals surface area contributed by atoms with Gasteiger partial charge in [0.1, 0.15) is 0 Å². The molecule has 0 heteroatoms. The van der Waals surface area contributed by atoms with Gasteiger partial charge in [-0.2, -0.15) is 0 Å². The highest BCUT2D eigenvalue weighted by atomic mass is 14.0. The van der Waals surface area contributed by atoms with Gasteiger partial charge in [0.15, 0.2) is 0 Å². The van der Waals surface area contributed by atoms with E-state index in [1.54, 1.807) is 5.57 Å². The second-order valence-corrected chi connectivity index (χ2v) is 5.07. The number of hydrogen-bond donors (Lipinski definition) is 0. The molecule has 0 atom stereocenters. The van der Waals surface area contributed by atoms with Crippen LogP contribution >= 0.6 is 0 Å². The molecule has 0 aliphatic heterocycles. The standard InChI is InChI=1S/C18H32/c1-4-7-10-13-16-18(15-12-9-6-3)17-14-11-8-5-2/h4-5,15H,1-2,6-14,16-17H2,3H3. The van der Waals surface area contributed by atoms with Gasteiger partial charge in [0.25, 0.3) is 0 Å². The molecule has 0 aromatic carbocycles. The van der Waals surface area contributed by atoms with Gasteiger partial charge in [-0.3, -0.25) is 0 Å². The summed E-state index contributed by atoms with van der Waals surface area (Å²) in [4.78, 5) is 0. The fourth-order valence-electron chi connectivity index (χ4n) is 2.12. The SMILES string of the molecule is C=CCCCCC(=CCCCC)CCCCC=C. The number of hydrogen-bond acceptors (Lipinski definition) is 0. The van der Waals surface area contributed by atoms with Crippen LogP contribution in [0.1, 0.15) is 77.6 Å². The van der Waals surface area contributed by atoms with Crippen molar-refractivity contribution in [1.29, 1.82) is 0 Å². The molecule has 0 heterocycles. The van der Waals surface area contributed by atoms with Crippen molar-refractivity contribution in [2.75, 3.05) is 0 Å². The largest absolute Gasteiger partial charge is 0.103 e. The van der Waals surface area contributed by atoms with Crippen LogP contribution < -0.4 is 0 Å². The van der Waals surface area contributed by atoms with Crippen LogP contribution in [0.25, 0.3) is 0 Å². The van der Waals surface area contributed by atoms with Gasteiger partial charge in [0.05, 0.1) is 0 Å². The Hall–Kier alpha value is -0.780. The van der Waals surface area contributed by atoms with Gasteiger partial charge in [-0.05, 0) is 57.8 Å². The molecule has 0 unspecified atom stereocenters. The Morgan fingerprint density at radius 1 is 0.778 bits per heavy atom. The summed E-state index contributed by atoms with van der Waals surface area (Å²) >= 11 is 0. The van der Waals surface area contributed by atoms with E-state index in [0.717, 1.165) is 0 Å². The molecule has 0 saturated carbocycles. The van der Waals surface area contributed by atoms with Crippen molar-refractivity contribution in [3.05, 3.63) is 37.0 Å². The molecule has 0 nitrogen and oxygen atoms in total. The van der Waals surface area contributed by atoms with Crippen LogP contribution in [0.15, 0.2) is 37.0 Å². The minimum Gasteiger partial charge on any atom is -0.103 e. The van der Waals surface area contributed by atoms with Crippen molar-refractivity contribution >= 4 is 0 Å². The Kier molecular flexibility index (Phi) is 13.7. The molecule has 0 N–H and O–H groups in total. The molecule has 18 heavy (non-hydrogen) atoms. The summed E-state index contributed by atoms with van der Waals surface area (Å²) < 4.78 is 0. The average molecular weight is 248 g/mol. The van der Waals surface area contributed by atoms with Crippen LogP contribution in [-0.4, -0.2) is 0 Å². The first kappa shape index (κ1) is 17.2. The van der Waals surface area contributed by atoms with Crippen molar-refractivity contribution < 1.29 is 0 Å². The summed E-state index contributed by atoms with van der Waals surface area (Å²) in [6.07, 6.45) is 20.6. The average Bonchev–Trinajstić information content (AvgIpc) is 2.39. The van der Waals surface area contributed by atoms with Gasteiger partial charge in [0.2, 0.25) is 0 Å². The third-order valence-electron chi connectivity index (χ3n) is 3.30. The molecule has 0 aromatic heterocycles. The van der Waals surface area contributed by atoms with Gasteiger partial charge in [-0.1, -0.05) is 43.6 Å². The topological polar surface area (TPSA) is 0 Å². The molecule has 0 saturated heterocycles. The predicted molar refractivity (Wildman–Crippen MR) is 84.9 cm³/mol. The Balaban J connectivity index is 3.86. The summed E-state index contributed by atoms with van der Waals surface area (Å²) in [7, 11) is 0. The fourth-order valence-corrected chi connectivity index (χ4v) is 2.12. The molecule has 0 radical (unpaired) electrons. The summed E-state index contributed by atoms with van der Waals surface area (Å²) in [6, 6.07) is 0. The first-order valence-corrected chi connectivity index (χ1v) is 7.74. The normalized spacial score (nSPS) is 10.1. The van der Waals surface area contributed by atoms with Crippen LogP contribution in [0, 0.1) is 0 Å². The maximum Gasteiger partial charge on any atom is -0.0320 e. The van der Waals surface area contributed by atoms with Gasteiger partial charge >= 0.3 is 0 Å². The van der Waals surface area contributed by atoms with Crippen molar-refractivity contribution in [1.82, 2.24) is 0 Å². The van der Waals surface area contributed by atoms with E-state index in [0.29, 0.717) is 0 Å². The monoisotopic (exact) mass is 248 g/mol. The minimum absolute atomic E-state index is 1.17. The highest BCUT2D eigenvalue weighted by Crippen LogP contribution is 2.18. The zero-order valence-corrected chi connectivity index (χ0v) is 12.4. The van der Waals surface area contributed by atoms with Gasteiger partial charge in [-0.15, -0.1) is 13.2 Å². The van der Waals surface area contributed by atoms with Crippen LogP contribution in [0.5, 0.6) is 0 Å². The maximum atomic E-state index is 3.78. The Morgan fingerprint density at radius 3 is 1.78 bits per heavy atom. The van der Waals surface area contributed by atoms with Gasteiger partial charge in [-0.25, -0.2) is 0 Å². The van der Waals surface area contributed by atoms with E-state index in [1.807, 2.05) is 12.2 Å². The highest BCUT2D eigenvalue weighted by Gasteiger charge is 1.98. The van der Waals surface area contributed by atoms with Crippen LogP contribution in [0.2, 0.25) is 0 Å². The van der Waals surface area contributed by atoms with E-state index >= 15 is 0 Å². The number of allylic oxidation sites excluding steroid dienone is 4. The smallest absolute Gasteiger partial charge is 0.0320 e. The summed E-state index contributed by atoms with van der Waals surface area (Å²) in [6.45, 7) is 9.83. The molecule has 0 bridgehead atoms. The van der Waals surface area contributed by atoms with Crippen molar-refractivity contribution in [3.8, 4) is 0 Å². The Morgan fingerprint density at radius 2 is 1.33 bits per heavy atom. The second-order valence-electron chi connectivity index (χ2n) is 5.07. The molecular weight excluding hydrogens is 216 g/mol. The van der Waals surface area contributed by atoms with E-state index in [4.69, 9.17) is 0 Å². The predicted octanol–water partition coefficient (Wildman–Crippen LogP) is 6.60. The van der Waals surface area contributed by atoms with E-state index in [1.165, 1.54) is 70.6 Å². The van der Waals surface area contributed by atoms with Crippen molar-refractivity contribution in [2.24, 2.45) is 0 Å². The van der Waals surface area contributed by atoms with E-state index in [2.05, 4.69) is 26.2 Å². The van der Waals surface area contributed by atoms with E-state index in [-0.39, 0.29) is 0 Å². The highest BCUT2D eigenvalue weighted by molar-refractivity contribution is 5.02. The molecule has 0 aliphatic rings. The molecule has 0 aromatic rings. The quantitative estimate of drug-likeness (QED) is 0.254. The van der Waals surface area contributed by atoms with E-state index in [9.17, 15) is 0 Å². The third-order valence-corrected chi connectivity index (χ3v) is 3.30. The lowest BCUT2D eigenvalue weighted by molar-refractivity contribution is 0.673. The summed E-state index contributed by atoms with van der Waals surface area (Å²) in [5.41, 5.74) is 1.69. The van der Waals surface area contributed by atoms with Gasteiger partial charge in [0, 0.05) is 0 Å². The second kappa shape index (κ2) is 14.3. The maximum absolute atomic E-state index is 3.78. The van der Waals surface area contributed by atoms with Crippen LogP contribution in [-0.2, 0) is 0 Å². The fraction of sp³-hybridized carbons (Fsp3) is 0.667. The number of rotatable bonds is 13. The molecule has 0 spiro atoms. The molecular formula is C18H32. The lowest BCUT2D eigenvalue weighted by atomic mass is 9.99. The lowest BCUT2D eigenvalue weighted by Crippen LogP contribution is -1.87. The Bertz CT molecular complexity index is 204. The molecule has 0 aliphatic carbocycles. The minimum atomic E-state index is 1.17. The molecule has 0 amide bonds. The summed E-state index contributed by atoms with van der Waals surface area (Å²) in [5, 5.41) is 0. The molecule has 0 rings (SSSR count). The molecule has 0 fully saturated rings. The van der Waals surface area contributed by atoms with E-state index < -0.39 is 0 Å². The third kappa shape index (κ3) is 11.7. The van der Waals surface area contributed by atoms with Crippen molar-refractivity contribution in [2.45, 2.75) is 77.6 Å². The van der Waals surface area contributed by atoms with Crippen LogP contribution in [0.4, 0.5) is 0 Å². The zero-order chi connectivity index (χ0) is 13.5. The molecule has 104 valence electrons. The lowest BCUT2D eigenvalue weighted by Gasteiger charge is -2.07. The summed E-state index contributed by atoms with van der Waals surface area (Å²) in [5.74, 6) is 0. The first-order valence-electron chi connectivity index (χ1n) is 7.74. The first-order chi connectivity index (χ1) is 8.85. The Labute approximate surface area is 115 Å². The van der Waals surface area contributed by atoms with Crippen molar-refractivity contribution in [3.63, 3.8) is 0 Å². The van der Waals surface area contributed by atoms with Gasteiger partial charge < -0.3 is 0 Å². The number of unbranched alkanes of at least 4 members (excludes halogenated alkanes) is 6. The van der Waals surface area contributed by atoms with Crippen LogP contribution in [0.3, 0.4) is 0 Å². The zero-order valence-electron chi connectivity index (χ0n) is 12.4.